The van der Waals surface area contributed by atoms with Crippen molar-refractivity contribution in [3.63, 3.8) is 0 Å². The highest BCUT2D eigenvalue weighted by atomic mass is 16.6. The number of nitrogens with one attached hydrogen (secondary N) is 1. The van der Waals surface area contributed by atoms with E-state index in [1.807, 2.05) is 35.2 Å². The van der Waals surface area contributed by atoms with Gasteiger partial charge in [0, 0.05) is 24.7 Å². The third-order valence-electron chi connectivity index (χ3n) is 5.13. The van der Waals surface area contributed by atoms with Gasteiger partial charge in [-0.2, -0.15) is 0 Å². The highest BCUT2D eigenvalue weighted by molar-refractivity contribution is 5.96. The predicted octanol–water partition coefficient (Wildman–Crippen LogP) is 4.01. The molecule has 0 aromatic heterocycles. The van der Waals surface area contributed by atoms with Crippen molar-refractivity contribution in [3.8, 4) is 0 Å². The fourth-order valence-electron chi connectivity index (χ4n) is 3.69. The van der Waals surface area contributed by atoms with Crippen molar-refractivity contribution in [1.29, 1.82) is 0 Å². The molecule has 1 heterocycles. The molecule has 0 aliphatic carbocycles. The lowest BCUT2D eigenvalue weighted by molar-refractivity contribution is -0.384. The lowest BCUT2D eigenvalue weighted by Crippen LogP contribution is -2.31. The first kappa shape index (κ1) is 22.3. The lowest BCUT2D eigenvalue weighted by atomic mass is 10.0. The van der Waals surface area contributed by atoms with Gasteiger partial charge in [0.2, 0.25) is 0 Å². The first-order valence-electron chi connectivity index (χ1n) is 10.4. The maximum Gasteiger partial charge on any atom is 0.308 e. The molecular weight excluding hydrogens is 398 g/mol. The van der Waals surface area contributed by atoms with Crippen LogP contribution in [0.4, 0.5) is 11.4 Å². The molecule has 8 nitrogen and oxygen atoms in total. The van der Waals surface area contributed by atoms with Gasteiger partial charge in [0.15, 0.2) is 0 Å². The van der Waals surface area contributed by atoms with Gasteiger partial charge in [0.25, 0.3) is 11.6 Å². The Labute approximate surface area is 181 Å². The Morgan fingerprint density at radius 2 is 1.81 bits per heavy atom. The van der Waals surface area contributed by atoms with Crippen LogP contribution in [0.3, 0.4) is 0 Å². The van der Waals surface area contributed by atoms with E-state index in [1.54, 1.807) is 26.0 Å². The van der Waals surface area contributed by atoms with E-state index >= 15 is 0 Å². The van der Waals surface area contributed by atoms with Crippen LogP contribution in [0.2, 0.25) is 0 Å². The van der Waals surface area contributed by atoms with E-state index in [-0.39, 0.29) is 23.8 Å². The topological polar surface area (TPSA) is 102 Å². The highest BCUT2D eigenvalue weighted by Crippen LogP contribution is 2.32. The van der Waals surface area contributed by atoms with Gasteiger partial charge in [-0.3, -0.25) is 19.7 Å². The van der Waals surface area contributed by atoms with Crippen molar-refractivity contribution in [1.82, 2.24) is 5.32 Å². The number of carbonyl (C=O) groups excluding carboxylic acids is 2. The van der Waals surface area contributed by atoms with Crippen LogP contribution in [0.15, 0.2) is 48.5 Å². The second-order valence-corrected chi connectivity index (χ2v) is 7.83. The minimum absolute atomic E-state index is 0.0398. The average Bonchev–Trinajstić information content (AvgIpc) is 3.27. The third-order valence-corrected chi connectivity index (χ3v) is 5.13. The van der Waals surface area contributed by atoms with E-state index in [2.05, 4.69) is 5.32 Å². The summed E-state index contributed by atoms with van der Waals surface area (Å²) in [5, 5.41) is 14.5. The summed E-state index contributed by atoms with van der Waals surface area (Å²) in [7, 11) is 0. The number of rotatable bonds is 8. The molecule has 31 heavy (non-hydrogen) atoms. The zero-order valence-electron chi connectivity index (χ0n) is 17.7. The van der Waals surface area contributed by atoms with Gasteiger partial charge in [-0.25, -0.2) is 0 Å². The maximum atomic E-state index is 12.9. The van der Waals surface area contributed by atoms with Crippen LogP contribution in [-0.4, -0.2) is 36.0 Å². The fraction of sp³-hybridized carbons (Fsp3) is 0.391. The van der Waals surface area contributed by atoms with Gasteiger partial charge in [-0.15, -0.1) is 0 Å². The van der Waals surface area contributed by atoms with Crippen molar-refractivity contribution in [2.24, 2.45) is 0 Å². The predicted molar refractivity (Wildman–Crippen MR) is 117 cm³/mol. The van der Waals surface area contributed by atoms with Crippen molar-refractivity contribution >= 4 is 23.3 Å². The molecule has 1 amide bonds. The van der Waals surface area contributed by atoms with Crippen LogP contribution < -0.4 is 10.2 Å². The van der Waals surface area contributed by atoms with Gasteiger partial charge < -0.3 is 15.0 Å². The van der Waals surface area contributed by atoms with Crippen molar-refractivity contribution < 1.29 is 19.2 Å². The number of nitro benzene ring substituents is 1. The molecule has 0 bridgehead atoms. The Kier molecular flexibility index (Phi) is 7.23. The first-order chi connectivity index (χ1) is 14.8. The number of amides is 1. The quantitative estimate of drug-likeness (QED) is 0.390. The van der Waals surface area contributed by atoms with Crippen LogP contribution in [0.5, 0.6) is 0 Å². The summed E-state index contributed by atoms with van der Waals surface area (Å²) in [5.41, 5.74) is 1.36. The molecule has 1 aliphatic rings. The number of carbonyl (C=O) groups is 2. The monoisotopic (exact) mass is 425 g/mol. The molecule has 1 atom stereocenters. The largest absolute Gasteiger partial charge is 0.463 e. The lowest BCUT2D eigenvalue weighted by Gasteiger charge is -2.20. The summed E-state index contributed by atoms with van der Waals surface area (Å²) < 4.78 is 5.23. The third kappa shape index (κ3) is 5.81. The number of nitro groups is 1. The smallest absolute Gasteiger partial charge is 0.308 e. The van der Waals surface area contributed by atoms with Crippen LogP contribution >= 0.6 is 0 Å². The molecule has 1 N–H and O–H groups in total. The zero-order chi connectivity index (χ0) is 22.4. The van der Waals surface area contributed by atoms with Crippen LogP contribution in [0.25, 0.3) is 0 Å². The van der Waals surface area contributed by atoms with Gasteiger partial charge in [-0.05, 0) is 44.4 Å². The molecule has 1 fully saturated rings. The van der Waals surface area contributed by atoms with Gasteiger partial charge in [-0.1, -0.05) is 30.3 Å². The van der Waals surface area contributed by atoms with Crippen LogP contribution in [-0.2, 0) is 9.53 Å². The molecule has 2 aromatic rings. The molecule has 164 valence electrons. The average molecular weight is 425 g/mol. The number of esters is 1. The van der Waals surface area contributed by atoms with Crippen molar-refractivity contribution in [2.75, 3.05) is 18.0 Å². The number of benzene rings is 2. The first-order valence-corrected chi connectivity index (χ1v) is 10.4. The second kappa shape index (κ2) is 10.1. The highest BCUT2D eigenvalue weighted by Gasteiger charge is 2.25. The summed E-state index contributed by atoms with van der Waals surface area (Å²) in [6.45, 7) is 5.05. The molecular formula is C23H27N3O5. The van der Waals surface area contributed by atoms with E-state index in [4.69, 9.17) is 4.74 Å². The molecule has 1 unspecified atom stereocenters. The Bertz CT molecular complexity index is 939. The molecule has 1 aliphatic heterocycles. The van der Waals surface area contributed by atoms with E-state index in [1.165, 1.54) is 6.07 Å². The fourth-order valence-corrected chi connectivity index (χ4v) is 3.69. The SMILES string of the molecule is CC(C)OC(=O)CC(NC(=O)c1ccc(N2CCCC2)c([N+](=O)[O-])c1)c1ccccc1. The van der Waals surface area contributed by atoms with E-state index in [0.717, 1.165) is 31.5 Å². The number of hydrogen-bond acceptors (Lipinski definition) is 6. The minimum atomic E-state index is -0.614. The number of ether oxygens (including phenoxy) is 1. The van der Waals surface area contributed by atoms with E-state index in [9.17, 15) is 19.7 Å². The molecule has 0 saturated carbocycles. The van der Waals surface area contributed by atoms with Crippen molar-refractivity contribution in [3.05, 3.63) is 69.8 Å². The van der Waals surface area contributed by atoms with E-state index < -0.39 is 22.8 Å². The molecule has 8 heteroatoms. The Morgan fingerprint density at radius 3 is 2.42 bits per heavy atom. The Hall–Kier alpha value is -3.42. The summed E-state index contributed by atoms with van der Waals surface area (Å²) in [5.74, 6) is -0.915. The number of anilines is 1. The maximum absolute atomic E-state index is 12.9. The van der Waals surface area contributed by atoms with Gasteiger partial charge >= 0.3 is 5.97 Å². The zero-order valence-corrected chi connectivity index (χ0v) is 17.7. The number of nitrogens with zero attached hydrogens (tertiary/aromatic N) is 2. The van der Waals surface area contributed by atoms with Crippen molar-refractivity contribution in [2.45, 2.75) is 45.3 Å². The molecule has 0 spiro atoms. The second-order valence-electron chi connectivity index (χ2n) is 7.83. The summed E-state index contributed by atoms with van der Waals surface area (Å²) in [6, 6.07) is 13.0. The van der Waals surface area contributed by atoms with Gasteiger partial charge in [0.05, 0.1) is 23.5 Å². The summed E-state index contributed by atoms with van der Waals surface area (Å²) >= 11 is 0. The molecule has 0 radical (unpaired) electrons. The Balaban J connectivity index is 1.83. The van der Waals surface area contributed by atoms with E-state index in [0.29, 0.717) is 5.69 Å². The normalized spacial score (nSPS) is 14.4. The number of hydrogen-bond donors (Lipinski definition) is 1. The van der Waals surface area contributed by atoms with Crippen LogP contribution in [0.1, 0.15) is 55.1 Å². The minimum Gasteiger partial charge on any atom is -0.463 e. The standard InChI is InChI=1S/C23H27N3O5/c1-16(2)31-22(27)15-19(17-8-4-3-5-9-17)24-23(28)18-10-11-20(21(14-18)26(29)30)25-12-6-7-13-25/h3-5,8-11,14,16,19H,6-7,12-13,15H2,1-2H3,(H,24,28). The van der Waals surface area contributed by atoms with Crippen LogP contribution in [0, 0.1) is 10.1 Å². The van der Waals surface area contributed by atoms with Gasteiger partial charge in [0.1, 0.15) is 5.69 Å². The Morgan fingerprint density at radius 1 is 1.13 bits per heavy atom. The molecule has 1 saturated heterocycles. The molecule has 3 rings (SSSR count). The summed E-state index contributed by atoms with van der Waals surface area (Å²) in [6.07, 6.45) is 1.68. The molecule has 2 aromatic carbocycles. The summed E-state index contributed by atoms with van der Waals surface area (Å²) in [4.78, 5) is 38.3.